The first-order chi connectivity index (χ1) is 7.39. The number of hydrogen-bond donors (Lipinski definition) is 1. The molecule has 16 heavy (non-hydrogen) atoms. The van der Waals surface area contributed by atoms with Crippen LogP contribution in [0.2, 0.25) is 0 Å². The summed E-state index contributed by atoms with van der Waals surface area (Å²) >= 11 is 0. The summed E-state index contributed by atoms with van der Waals surface area (Å²) in [6.07, 6.45) is -4.62. The summed E-state index contributed by atoms with van der Waals surface area (Å²) in [7, 11) is 0. The van der Waals surface area contributed by atoms with Crippen LogP contribution in [0.3, 0.4) is 0 Å². The van der Waals surface area contributed by atoms with Gasteiger partial charge in [-0.05, 0) is 24.6 Å². The molecule has 0 spiro atoms. The minimum atomic E-state index is -4.62. The van der Waals surface area contributed by atoms with Crippen LogP contribution in [-0.2, 0) is 6.18 Å². The number of pyridine rings is 1. The van der Waals surface area contributed by atoms with Crippen LogP contribution in [0.4, 0.5) is 13.2 Å². The predicted molar refractivity (Wildman–Crippen MR) is 54.3 cm³/mol. The van der Waals surface area contributed by atoms with E-state index in [2.05, 4.69) is 4.98 Å². The molecule has 1 N–H and O–H groups in total. The van der Waals surface area contributed by atoms with Crippen LogP contribution in [0, 0.1) is 6.92 Å². The van der Waals surface area contributed by atoms with E-state index in [1.54, 1.807) is 25.1 Å². The molecule has 0 atom stereocenters. The highest BCUT2D eigenvalue weighted by atomic mass is 19.4. The number of benzene rings is 1. The van der Waals surface area contributed by atoms with Crippen molar-refractivity contribution < 1.29 is 13.2 Å². The van der Waals surface area contributed by atoms with Gasteiger partial charge in [-0.25, -0.2) is 0 Å². The molecule has 0 saturated heterocycles. The van der Waals surface area contributed by atoms with E-state index in [1.165, 1.54) is 0 Å². The molecule has 0 aliphatic rings. The normalized spacial score (nSPS) is 12.0. The van der Waals surface area contributed by atoms with Crippen molar-refractivity contribution in [1.82, 2.24) is 4.98 Å². The molecule has 0 bridgehead atoms. The van der Waals surface area contributed by atoms with Gasteiger partial charge < -0.3 is 4.98 Å². The third kappa shape index (κ3) is 1.68. The summed E-state index contributed by atoms with van der Waals surface area (Å²) in [4.78, 5) is 13.4. The second-order valence-corrected chi connectivity index (χ2v) is 3.55. The molecule has 5 heteroatoms. The average Bonchev–Trinajstić information content (AvgIpc) is 2.15. The number of alkyl halides is 3. The molecule has 2 rings (SSSR count). The highest BCUT2D eigenvalue weighted by Crippen LogP contribution is 2.28. The lowest BCUT2D eigenvalue weighted by molar-refractivity contribution is -0.138. The van der Waals surface area contributed by atoms with Gasteiger partial charge >= 0.3 is 6.18 Å². The van der Waals surface area contributed by atoms with Gasteiger partial charge in [0.25, 0.3) is 5.56 Å². The van der Waals surface area contributed by atoms with E-state index in [0.717, 1.165) is 6.07 Å². The summed E-state index contributed by atoms with van der Waals surface area (Å²) in [6.45, 7) is 1.70. The number of hydrogen-bond acceptors (Lipinski definition) is 1. The maximum Gasteiger partial charge on any atom is 0.421 e. The first-order valence-corrected chi connectivity index (χ1v) is 4.59. The molecule has 0 aliphatic carbocycles. The highest BCUT2D eigenvalue weighted by molar-refractivity contribution is 5.82. The second kappa shape index (κ2) is 3.37. The maximum absolute atomic E-state index is 12.5. The van der Waals surface area contributed by atoms with Crippen molar-refractivity contribution in [3.63, 3.8) is 0 Å². The van der Waals surface area contributed by atoms with Crippen molar-refractivity contribution in [1.29, 1.82) is 0 Å². The summed E-state index contributed by atoms with van der Waals surface area (Å²) < 4.78 is 37.5. The molecular weight excluding hydrogens is 219 g/mol. The molecule has 2 nitrogen and oxygen atoms in total. The van der Waals surface area contributed by atoms with Crippen LogP contribution >= 0.6 is 0 Å². The van der Waals surface area contributed by atoms with Gasteiger partial charge in [0.1, 0.15) is 5.56 Å². The van der Waals surface area contributed by atoms with Gasteiger partial charge in [0.05, 0.1) is 0 Å². The van der Waals surface area contributed by atoms with Crippen LogP contribution < -0.4 is 5.56 Å². The van der Waals surface area contributed by atoms with Crippen molar-refractivity contribution in [2.75, 3.05) is 0 Å². The fraction of sp³-hybridized carbons (Fsp3) is 0.182. The van der Waals surface area contributed by atoms with E-state index in [-0.39, 0.29) is 0 Å². The van der Waals surface area contributed by atoms with Crippen LogP contribution in [-0.4, -0.2) is 4.98 Å². The van der Waals surface area contributed by atoms with Crippen molar-refractivity contribution in [3.8, 4) is 0 Å². The molecule has 0 saturated carbocycles. The Bertz CT molecular complexity index is 598. The van der Waals surface area contributed by atoms with Gasteiger partial charge in [-0.15, -0.1) is 0 Å². The lowest BCUT2D eigenvalue weighted by Crippen LogP contribution is -2.21. The van der Waals surface area contributed by atoms with Gasteiger partial charge in [0.2, 0.25) is 0 Å². The monoisotopic (exact) mass is 227 g/mol. The Morgan fingerprint density at radius 2 is 1.94 bits per heavy atom. The third-order valence-electron chi connectivity index (χ3n) is 2.41. The quantitative estimate of drug-likeness (QED) is 0.737. The number of H-pyrrole nitrogens is 1. The number of aromatic amines is 1. The maximum atomic E-state index is 12.5. The zero-order valence-corrected chi connectivity index (χ0v) is 8.35. The van der Waals surface area contributed by atoms with Gasteiger partial charge in [0.15, 0.2) is 0 Å². The number of rotatable bonds is 0. The minimum Gasteiger partial charge on any atom is -0.321 e. The Hall–Kier alpha value is -1.78. The highest BCUT2D eigenvalue weighted by Gasteiger charge is 2.34. The van der Waals surface area contributed by atoms with Crippen molar-refractivity contribution in [2.24, 2.45) is 0 Å². The zero-order chi connectivity index (χ0) is 11.9. The molecule has 0 radical (unpaired) electrons. The number of fused-ring (bicyclic) bond motifs is 1. The van der Waals surface area contributed by atoms with Gasteiger partial charge in [-0.2, -0.15) is 13.2 Å². The first-order valence-electron chi connectivity index (χ1n) is 4.59. The standard InChI is InChI=1S/C11H8F3NO/c1-6-3-2-4-9-7(6)5-8(10(16)15-9)11(12,13)14/h2-5H,1H3,(H,15,16). The number of aromatic nitrogens is 1. The molecule has 2 aromatic rings. The minimum absolute atomic E-state index is 0.412. The van der Waals surface area contributed by atoms with Crippen molar-refractivity contribution in [3.05, 3.63) is 45.7 Å². The molecular formula is C11H8F3NO. The number of aryl methyl sites for hydroxylation is 1. The van der Waals surface area contributed by atoms with E-state index in [4.69, 9.17) is 0 Å². The van der Waals surface area contributed by atoms with Gasteiger partial charge in [-0.1, -0.05) is 12.1 Å². The van der Waals surface area contributed by atoms with Gasteiger partial charge in [-0.3, -0.25) is 4.79 Å². The van der Waals surface area contributed by atoms with Gasteiger partial charge in [0, 0.05) is 10.9 Å². The third-order valence-corrected chi connectivity index (χ3v) is 2.41. The number of halogens is 3. The van der Waals surface area contributed by atoms with E-state index < -0.39 is 17.3 Å². The fourth-order valence-electron chi connectivity index (χ4n) is 1.59. The Kier molecular flexibility index (Phi) is 2.26. The average molecular weight is 227 g/mol. The summed E-state index contributed by atoms with van der Waals surface area (Å²) in [5.41, 5.74) is -1.16. The Labute approximate surface area is 88.7 Å². The van der Waals surface area contributed by atoms with E-state index in [1.807, 2.05) is 0 Å². The smallest absolute Gasteiger partial charge is 0.321 e. The zero-order valence-electron chi connectivity index (χ0n) is 8.35. The Morgan fingerprint density at radius 1 is 1.25 bits per heavy atom. The summed E-state index contributed by atoms with van der Waals surface area (Å²) in [6, 6.07) is 5.84. The van der Waals surface area contributed by atoms with E-state index in [9.17, 15) is 18.0 Å². The lowest BCUT2D eigenvalue weighted by atomic mass is 10.1. The summed E-state index contributed by atoms with van der Waals surface area (Å²) in [5, 5.41) is 0.412. The summed E-state index contributed by atoms with van der Waals surface area (Å²) in [5.74, 6) is 0. The van der Waals surface area contributed by atoms with Crippen LogP contribution in [0.5, 0.6) is 0 Å². The lowest BCUT2D eigenvalue weighted by Gasteiger charge is -2.08. The van der Waals surface area contributed by atoms with Crippen molar-refractivity contribution in [2.45, 2.75) is 13.1 Å². The molecule has 1 aromatic heterocycles. The SMILES string of the molecule is Cc1cccc2[nH]c(=O)c(C(F)(F)F)cc12. The molecule has 0 fully saturated rings. The molecule has 0 aliphatic heterocycles. The Morgan fingerprint density at radius 3 is 2.56 bits per heavy atom. The first kappa shape index (κ1) is 10.7. The fourth-order valence-corrected chi connectivity index (χ4v) is 1.59. The van der Waals surface area contributed by atoms with Crippen LogP contribution in [0.15, 0.2) is 29.1 Å². The topological polar surface area (TPSA) is 32.9 Å². The molecule has 0 amide bonds. The van der Waals surface area contributed by atoms with Crippen molar-refractivity contribution >= 4 is 10.9 Å². The van der Waals surface area contributed by atoms with Crippen LogP contribution in [0.25, 0.3) is 10.9 Å². The van der Waals surface area contributed by atoms with E-state index >= 15 is 0 Å². The molecule has 1 aromatic carbocycles. The molecule has 0 unspecified atom stereocenters. The Balaban J connectivity index is 2.85. The van der Waals surface area contributed by atoms with E-state index in [0.29, 0.717) is 16.5 Å². The molecule has 1 heterocycles. The largest absolute Gasteiger partial charge is 0.421 e. The predicted octanol–water partition coefficient (Wildman–Crippen LogP) is 2.86. The second-order valence-electron chi connectivity index (χ2n) is 3.55. The number of nitrogens with one attached hydrogen (secondary N) is 1. The molecule has 84 valence electrons. The van der Waals surface area contributed by atoms with Crippen LogP contribution in [0.1, 0.15) is 11.1 Å².